The van der Waals surface area contributed by atoms with Crippen LogP contribution in [0, 0.1) is 5.82 Å². The Morgan fingerprint density at radius 2 is 1.79 bits per heavy atom. The van der Waals surface area contributed by atoms with Crippen molar-refractivity contribution in [3.8, 4) is 28.5 Å². The lowest BCUT2D eigenvalue weighted by Gasteiger charge is -2.11. The maximum atomic E-state index is 15.1. The summed E-state index contributed by atoms with van der Waals surface area (Å²) in [7, 11) is 1.57. The van der Waals surface area contributed by atoms with Crippen LogP contribution >= 0.6 is 0 Å². The Hall–Kier alpha value is -4.79. The fourth-order valence-electron chi connectivity index (χ4n) is 4.92. The molecule has 2 aromatic carbocycles. The first kappa shape index (κ1) is 23.6. The van der Waals surface area contributed by atoms with Gasteiger partial charge in [0, 0.05) is 55.1 Å². The van der Waals surface area contributed by atoms with Gasteiger partial charge in [0.1, 0.15) is 17.1 Å². The van der Waals surface area contributed by atoms with Crippen molar-refractivity contribution in [2.24, 2.45) is 0 Å². The van der Waals surface area contributed by atoms with Crippen LogP contribution in [0.25, 0.3) is 22.2 Å². The number of carbonyl (C=O) groups excluding carboxylic acids is 1. The lowest BCUT2D eigenvalue weighted by molar-refractivity contribution is 0.0992. The van der Waals surface area contributed by atoms with Gasteiger partial charge in [-0.1, -0.05) is 6.07 Å². The first-order chi connectivity index (χ1) is 18.5. The molecule has 190 valence electrons. The third-order valence-corrected chi connectivity index (χ3v) is 6.70. The Morgan fingerprint density at radius 1 is 0.974 bits per heavy atom. The third-order valence-electron chi connectivity index (χ3n) is 6.70. The second-order valence-corrected chi connectivity index (χ2v) is 9.02. The number of methoxy groups -OCH3 is 1. The number of pyridine rings is 2. The summed E-state index contributed by atoms with van der Waals surface area (Å²) in [6, 6.07) is 15.0. The minimum absolute atomic E-state index is 0.0184. The monoisotopic (exact) mass is 510 g/mol. The average molecular weight is 511 g/mol. The molecule has 5 aromatic rings. The highest BCUT2D eigenvalue weighted by molar-refractivity contribution is 6.02. The van der Waals surface area contributed by atoms with E-state index in [4.69, 9.17) is 9.47 Å². The van der Waals surface area contributed by atoms with Gasteiger partial charge in [-0.25, -0.2) is 9.07 Å². The summed E-state index contributed by atoms with van der Waals surface area (Å²) in [5.41, 5.74) is 2.23. The number of aromatic nitrogens is 4. The van der Waals surface area contributed by atoms with Gasteiger partial charge in [-0.15, -0.1) is 0 Å². The van der Waals surface area contributed by atoms with Crippen LogP contribution in [0.1, 0.15) is 22.3 Å². The molecule has 0 fully saturated rings. The normalized spacial score (nSPS) is 12.5. The standard InChI is InChI=1S/C29H23FN4O4/c1-37-20-4-5-21-23(17-20)32-12-9-25(21)38-26-6-3-18(15-22(26)30)16-24(35)27-28(19-7-10-31-11-8-19)33-13-2-14-34(33)29(27)36/h3-12,15,17H,2,13-14,16H2,1H3. The molecule has 1 aliphatic heterocycles. The zero-order chi connectivity index (χ0) is 26.2. The zero-order valence-corrected chi connectivity index (χ0v) is 20.6. The van der Waals surface area contributed by atoms with Gasteiger partial charge in [0.05, 0.1) is 18.3 Å². The summed E-state index contributed by atoms with van der Waals surface area (Å²) in [6.07, 6.45) is 5.55. The Balaban J connectivity index is 1.28. The second-order valence-electron chi connectivity index (χ2n) is 9.02. The van der Waals surface area contributed by atoms with Crippen LogP contribution in [-0.2, 0) is 19.5 Å². The van der Waals surface area contributed by atoms with Gasteiger partial charge in [0.25, 0.3) is 5.56 Å². The molecule has 9 heteroatoms. The zero-order valence-electron chi connectivity index (χ0n) is 20.6. The van der Waals surface area contributed by atoms with E-state index in [9.17, 15) is 9.59 Å². The summed E-state index contributed by atoms with van der Waals surface area (Å²) in [5.74, 6) is 0.142. The van der Waals surface area contributed by atoms with E-state index in [-0.39, 0.29) is 29.1 Å². The Kier molecular flexibility index (Phi) is 5.95. The van der Waals surface area contributed by atoms with E-state index < -0.39 is 5.82 Å². The van der Waals surface area contributed by atoms with Crippen molar-refractivity contribution in [2.75, 3.05) is 7.11 Å². The van der Waals surface area contributed by atoms with E-state index in [1.807, 2.05) is 4.68 Å². The topological polar surface area (TPSA) is 88.2 Å². The van der Waals surface area contributed by atoms with Crippen molar-refractivity contribution < 1.29 is 18.7 Å². The lowest BCUT2D eigenvalue weighted by atomic mass is 10.00. The van der Waals surface area contributed by atoms with E-state index in [0.717, 1.165) is 12.0 Å². The molecule has 0 saturated heterocycles. The predicted octanol–water partition coefficient (Wildman–Crippen LogP) is 5.03. The molecule has 0 bridgehead atoms. The summed E-state index contributed by atoms with van der Waals surface area (Å²) < 4.78 is 29.7. The fourth-order valence-corrected chi connectivity index (χ4v) is 4.92. The fraction of sp³-hybridized carbons (Fsp3) is 0.172. The predicted molar refractivity (Wildman–Crippen MR) is 139 cm³/mol. The van der Waals surface area contributed by atoms with Crippen LogP contribution in [0.4, 0.5) is 4.39 Å². The maximum Gasteiger partial charge on any atom is 0.278 e. The van der Waals surface area contributed by atoms with E-state index >= 15 is 4.39 Å². The molecular formula is C29H23FN4O4. The third kappa shape index (κ3) is 4.11. The van der Waals surface area contributed by atoms with E-state index in [1.54, 1.807) is 72.8 Å². The van der Waals surface area contributed by atoms with E-state index in [0.29, 0.717) is 46.7 Å². The van der Waals surface area contributed by atoms with Gasteiger partial charge in [-0.05, 0) is 54.4 Å². The maximum absolute atomic E-state index is 15.1. The molecule has 0 amide bonds. The molecular weight excluding hydrogens is 487 g/mol. The van der Waals surface area contributed by atoms with Crippen LogP contribution in [0.15, 0.2) is 78.0 Å². The molecule has 8 nitrogen and oxygen atoms in total. The lowest BCUT2D eigenvalue weighted by Crippen LogP contribution is -2.22. The van der Waals surface area contributed by atoms with Crippen molar-refractivity contribution in [2.45, 2.75) is 25.9 Å². The highest BCUT2D eigenvalue weighted by Gasteiger charge is 2.28. The largest absolute Gasteiger partial charge is 0.497 e. The van der Waals surface area contributed by atoms with Crippen LogP contribution < -0.4 is 15.0 Å². The molecule has 0 N–H and O–H groups in total. The number of rotatable bonds is 7. The molecule has 0 spiro atoms. The molecule has 0 saturated carbocycles. The SMILES string of the molecule is COc1ccc2c(Oc3ccc(CC(=O)c4c(-c5ccncc5)n5n(c4=O)CCC5)cc3F)ccnc2c1. The number of fused-ring (bicyclic) bond motifs is 2. The van der Waals surface area contributed by atoms with Crippen molar-refractivity contribution in [1.82, 2.24) is 19.3 Å². The number of halogens is 1. The number of hydrogen-bond acceptors (Lipinski definition) is 6. The quantitative estimate of drug-likeness (QED) is 0.286. The minimum Gasteiger partial charge on any atom is -0.497 e. The first-order valence-electron chi connectivity index (χ1n) is 12.2. The molecule has 0 aliphatic carbocycles. The summed E-state index contributed by atoms with van der Waals surface area (Å²) >= 11 is 0. The molecule has 3 aromatic heterocycles. The smallest absolute Gasteiger partial charge is 0.278 e. The van der Waals surface area contributed by atoms with Crippen LogP contribution in [0.2, 0.25) is 0 Å². The number of carbonyl (C=O) groups is 1. The number of nitrogens with zero attached hydrogens (tertiary/aromatic N) is 4. The van der Waals surface area contributed by atoms with Gasteiger partial charge in [0.2, 0.25) is 0 Å². The molecule has 0 atom stereocenters. The summed E-state index contributed by atoms with van der Waals surface area (Å²) in [5, 5.41) is 0.706. The van der Waals surface area contributed by atoms with Crippen molar-refractivity contribution in [1.29, 1.82) is 0 Å². The van der Waals surface area contributed by atoms with E-state index in [2.05, 4.69) is 9.97 Å². The number of ether oxygens (including phenoxy) is 2. The van der Waals surface area contributed by atoms with Gasteiger partial charge in [0.15, 0.2) is 17.3 Å². The van der Waals surface area contributed by atoms with Crippen LogP contribution in [-0.4, -0.2) is 32.2 Å². The van der Waals surface area contributed by atoms with Crippen LogP contribution in [0.3, 0.4) is 0 Å². The minimum atomic E-state index is -0.612. The highest BCUT2D eigenvalue weighted by Crippen LogP contribution is 2.33. The number of Topliss-reactive ketones (excluding diaryl/α,β-unsaturated/α-hetero) is 1. The Morgan fingerprint density at radius 3 is 2.58 bits per heavy atom. The van der Waals surface area contributed by atoms with Gasteiger partial charge >= 0.3 is 0 Å². The molecule has 4 heterocycles. The van der Waals surface area contributed by atoms with Gasteiger partial charge in [-0.3, -0.25) is 24.2 Å². The first-order valence-corrected chi connectivity index (χ1v) is 12.2. The molecule has 38 heavy (non-hydrogen) atoms. The average Bonchev–Trinajstić information content (AvgIpc) is 3.52. The van der Waals surface area contributed by atoms with Crippen molar-refractivity contribution in [3.05, 3.63) is 100 Å². The van der Waals surface area contributed by atoms with E-state index in [1.165, 1.54) is 12.1 Å². The second kappa shape index (κ2) is 9.59. The molecule has 0 radical (unpaired) electrons. The number of hydrogen-bond donors (Lipinski definition) is 0. The number of benzene rings is 2. The Bertz CT molecular complexity index is 1740. The summed E-state index contributed by atoms with van der Waals surface area (Å²) in [4.78, 5) is 34.9. The molecule has 0 unspecified atom stereocenters. The van der Waals surface area contributed by atoms with Crippen molar-refractivity contribution >= 4 is 16.7 Å². The molecule has 6 rings (SSSR count). The van der Waals surface area contributed by atoms with Crippen molar-refractivity contribution in [3.63, 3.8) is 0 Å². The summed E-state index contributed by atoms with van der Waals surface area (Å²) in [6.45, 7) is 1.21. The number of ketones is 1. The van der Waals surface area contributed by atoms with Gasteiger partial charge < -0.3 is 9.47 Å². The van der Waals surface area contributed by atoms with Crippen LogP contribution in [0.5, 0.6) is 17.2 Å². The highest BCUT2D eigenvalue weighted by atomic mass is 19.1. The Labute approximate surface area is 216 Å². The molecule has 1 aliphatic rings. The van der Waals surface area contributed by atoms with Gasteiger partial charge in [-0.2, -0.15) is 0 Å².